The van der Waals surface area contributed by atoms with Crippen LogP contribution in [0.1, 0.15) is 38.9 Å². The number of anilines is 1. The van der Waals surface area contributed by atoms with Gasteiger partial charge in [-0.25, -0.2) is 4.79 Å². The molecule has 66 heavy (non-hydrogen) atoms. The molecule has 0 saturated carbocycles. The van der Waals surface area contributed by atoms with E-state index in [1.807, 2.05) is 0 Å². The molecule has 338 valence electrons. The highest BCUT2D eigenvalue weighted by atomic mass is 32.1. The second kappa shape index (κ2) is 13.9. The van der Waals surface area contributed by atoms with Gasteiger partial charge in [0.2, 0.25) is 0 Å². The molecule has 0 spiro atoms. The number of carboxylic acids is 1. The standard InChI is InChI=1S/C42H29F6N9O8S/c1-60-16-7-8-17(61-2)24-23(16)32-49-35-25-18(62-3)9-10-19(63-4)26(25)37-51-34-29-30(42(46,47)48)22(13-15(40(58)59)41(43,44)45)66-31(29)39-52-38-28-21(65-6)12-11-20(64-5)27(28)36(57(38)53-56(35)37)50-33(24)54(32)14-55(34)39/h7-13,35H,14H2,1-6H3,(H-,49,52,53,58,59)/p+2. The SMILES string of the molecule is COc1ccc(OC)c2c1C1=Nc3c4c(OC)ccc(OC)c4c4n3Cn3c5c6sc(C=C(C(=O)O)C(F)(F)F)c(C(F)(F)F)c6c3=NC3=[N+](N[N+]1=C2N=5)C(N4)c1c(OC)ccc(OC)c13. The molecule has 9 heterocycles. The van der Waals surface area contributed by atoms with Crippen molar-refractivity contribution in [2.75, 3.05) is 48.0 Å². The Hall–Kier alpha value is -7.76. The molecule has 0 fully saturated rings. The minimum absolute atomic E-state index is 0.0109. The molecule has 3 aromatic carbocycles. The van der Waals surface area contributed by atoms with Crippen molar-refractivity contribution in [1.82, 2.24) is 14.7 Å². The van der Waals surface area contributed by atoms with Crippen LogP contribution in [0.5, 0.6) is 34.5 Å². The molecule has 0 aliphatic carbocycles. The predicted octanol–water partition coefficient (Wildman–Crippen LogP) is 5.70. The van der Waals surface area contributed by atoms with Gasteiger partial charge in [0.15, 0.2) is 11.3 Å². The van der Waals surface area contributed by atoms with E-state index in [9.17, 15) is 23.1 Å². The first-order valence-electron chi connectivity index (χ1n) is 19.5. The molecule has 0 amide bonds. The van der Waals surface area contributed by atoms with E-state index in [0.717, 1.165) is 0 Å². The maximum atomic E-state index is 15.9. The summed E-state index contributed by atoms with van der Waals surface area (Å²) < 4.78 is 132. The summed E-state index contributed by atoms with van der Waals surface area (Å²) in [7, 11) is 8.65. The number of hydrogen-bond acceptors (Lipinski definition) is 13. The second-order valence-electron chi connectivity index (χ2n) is 15.1. The normalized spacial score (nSPS) is 16.6. The van der Waals surface area contributed by atoms with Gasteiger partial charge in [-0.1, -0.05) is 9.37 Å². The number of fused-ring (bicyclic) bond motifs is 4. The maximum Gasteiger partial charge on any atom is 0.425 e. The van der Waals surface area contributed by atoms with Crippen molar-refractivity contribution in [2.24, 2.45) is 15.0 Å². The van der Waals surface area contributed by atoms with Crippen LogP contribution in [0.25, 0.3) is 26.9 Å². The zero-order chi connectivity index (χ0) is 46.5. The molecule has 6 aromatic rings. The van der Waals surface area contributed by atoms with Crippen LogP contribution in [0, 0.1) is 0 Å². The number of halogens is 6. The zero-order valence-corrected chi connectivity index (χ0v) is 35.8. The largest absolute Gasteiger partial charge is 0.496 e. The summed E-state index contributed by atoms with van der Waals surface area (Å²) in [6.07, 6.45) is -12.0. The number of aliphatic carboxylic acids is 1. The van der Waals surface area contributed by atoms with Gasteiger partial charge in [-0.05, 0) is 48.0 Å². The number of hydrazine groups is 2. The van der Waals surface area contributed by atoms with Gasteiger partial charge in [0.1, 0.15) is 69.2 Å². The molecule has 0 saturated heterocycles. The van der Waals surface area contributed by atoms with E-state index in [0.29, 0.717) is 45.0 Å². The van der Waals surface area contributed by atoms with Crippen LogP contribution in [-0.2, 0) is 17.6 Å². The summed E-state index contributed by atoms with van der Waals surface area (Å²) in [6.45, 7) is -0.379. The number of amidine groups is 3. The van der Waals surface area contributed by atoms with Crippen molar-refractivity contribution in [3.05, 3.63) is 85.6 Å². The Morgan fingerprint density at radius 2 is 1.32 bits per heavy atom. The van der Waals surface area contributed by atoms with Crippen LogP contribution in [-0.4, -0.2) is 95.9 Å². The number of nitrogens with zero attached hydrogens (tertiary/aromatic N) is 7. The number of thiophene rings is 1. The van der Waals surface area contributed by atoms with Gasteiger partial charge in [-0.3, -0.25) is 9.13 Å². The molecule has 6 aliphatic heterocycles. The molecule has 1 unspecified atom stereocenters. The van der Waals surface area contributed by atoms with E-state index in [-0.39, 0.29) is 86.0 Å². The zero-order valence-electron chi connectivity index (χ0n) is 34.9. The van der Waals surface area contributed by atoms with Gasteiger partial charge in [-0.15, -0.1) is 11.3 Å². The Bertz CT molecular complexity index is 3510. The summed E-state index contributed by atoms with van der Waals surface area (Å²) in [5.41, 5.74) is 0.310. The van der Waals surface area contributed by atoms with Crippen LogP contribution in [0.15, 0.2) is 56.9 Å². The van der Waals surface area contributed by atoms with Crippen molar-refractivity contribution in [3.63, 3.8) is 0 Å². The van der Waals surface area contributed by atoms with Crippen molar-refractivity contribution in [2.45, 2.75) is 25.2 Å². The lowest BCUT2D eigenvalue weighted by Crippen LogP contribution is -2.48. The van der Waals surface area contributed by atoms with Gasteiger partial charge in [0.05, 0.1) is 74.6 Å². The number of aromatic nitrogens is 2. The predicted molar refractivity (Wildman–Crippen MR) is 223 cm³/mol. The second-order valence-corrected chi connectivity index (χ2v) is 16.1. The molecule has 24 heteroatoms. The number of alkyl halides is 6. The summed E-state index contributed by atoms with van der Waals surface area (Å²) >= 11 is 0.281. The number of hydrogen-bond donors (Lipinski definition) is 3. The van der Waals surface area contributed by atoms with Crippen LogP contribution in [0.4, 0.5) is 38.0 Å². The van der Waals surface area contributed by atoms with E-state index in [4.69, 9.17) is 43.4 Å². The number of nitrogens with one attached hydrogen (secondary N) is 2. The molecule has 3 N–H and O–H groups in total. The van der Waals surface area contributed by atoms with E-state index in [1.54, 1.807) is 41.0 Å². The molecular formula is C42H31F6N9O8S+2. The van der Waals surface area contributed by atoms with Crippen molar-refractivity contribution in [3.8, 4) is 34.5 Å². The third kappa shape index (κ3) is 5.34. The highest BCUT2D eigenvalue weighted by molar-refractivity contribution is 7.20. The van der Waals surface area contributed by atoms with Crippen LogP contribution >= 0.6 is 11.3 Å². The van der Waals surface area contributed by atoms with Gasteiger partial charge < -0.3 is 38.8 Å². The minimum Gasteiger partial charge on any atom is -0.496 e. The fourth-order valence-corrected chi connectivity index (χ4v) is 10.5. The lowest BCUT2D eigenvalue weighted by molar-refractivity contribution is -0.786. The minimum atomic E-state index is -5.54. The number of benzene rings is 3. The summed E-state index contributed by atoms with van der Waals surface area (Å²) in [6, 6.07) is 9.89. The summed E-state index contributed by atoms with van der Waals surface area (Å²) in [4.78, 5) is 26.5. The van der Waals surface area contributed by atoms with E-state index < -0.39 is 51.4 Å². The Labute approximate surface area is 369 Å². The Kier molecular flexibility index (Phi) is 8.61. The van der Waals surface area contributed by atoms with Crippen LogP contribution in [0.3, 0.4) is 0 Å². The molecule has 3 aromatic heterocycles. The first-order valence-corrected chi connectivity index (χ1v) is 20.3. The van der Waals surface area contributed by atoms with Crippen molar-refractivity contribution in [1.29, 1.82) is 0 Å². The molecule has 1 atom stereocenters. The Balaban J connectivity index is 1.47. The number of hydrazone groups is 2. The third-order valence-electron chi connectivity index (χ3n) is 12.0. The number of carboxylic acid groups (broad SMARTS) is 1. The molecule has 0 radical (unpaired) electrons. The third-order valence-corrected chi connectivity index (χ3v) is 13.1. The monoisotopic (exact) mass is 935 g/mol. The highest BCUT2D eigenvalue weighted by Crippen LogP contribution is 2.51. The molecular weight excluding hydrogens is 905 g/mol. The van der Waals surface area contributed by atoms with Crippen molar-refractivity contribution >= 4 is 73.4 Å². The number of methoxy groups -OCH3 is 6. The summed E-state index contributed by atoms with van der Waals surface area (Å²) in [5.74, 6) is -0.0531. The molecule has 17 nitrogen and oxygen atoms in total. The maximum absolute atomic E-state index is 15.9. The Morgan fingerprint density at radius 1 is 0.742 bits per heavy atom. The molecule has 6 aliphatic rings. The number of rotatable bonds is 8. The first-order chi connectivity index (χ1) is 31.6. The van der Waals surface area contributed by atoms with Crippen LogP contribution in [0.2, 0.25) is 0 Å². The Morgan fingerprint density at radius 3 is 1.92 bits per heavy atom. The highest BCUT2D eigenvalue weighted by Gasteiger charge is 2.53. The van der Waals surface area contributed by atoms with Gasteiger partial charge in [0, 0.05) is 9.87 Å². The van der Waals surface area contributed by atoms with E-state index in [2.05, 4.69) is 10.9 Å². The lowest BCUT2D eigenvalue weighted by Gasteiger charge is -2.22. The van der Waals surface area contributed by atoms with Crippen molar-refractivity contribution < 1.29 is 74.0 Å². The molecule has 12 bridgehead atoms. The molecule has 12 rings (SSSR count). The number of aliphatic imine (C=N–C) groups is 1. The number of ether oxygens (including phenoxy) is 6. The van der Waals surface area contributed by atoms with Gasteiger partial charge >= 0.3 is 24.2 Å². The van der Waals surface area contributed by atoms with Gasteiger partial charge in [-0.2, -0.15) is 36.3 Å². The van der Waals surface area contributed by atoms with Crippen LogP contribution < -0.4 is 50.2 Å². The van der Waals surface area contributed by atoms with Gasteiger partial charge in [0.25, 0.3) is 23.3 Å². The fourth-order valence-electron chi connectivity index (χ4n) is 9.27. The summed E-state index contributed by atoms with van der Waals surface area (Å²) in [5, 5.41) is 13.5. The smallest absolute Gasteiger partial charge is 0.425 e. The van der Waals surface area contributed by atoms with E-state index >= 15 is 13.2 Å². The quantitative estimate of drug-likeness (QED) is 0.0979. The fraction of sp³-hybridized carbons (Fsp3) is 0.238. The average Bonchev–Trinajstić information content (AvgIpc) is 4.04. The average molecular weight is 936 g/mol. The lowest BCUT2D eigenvalue weighted by atomic mass is 10.0. The number of carbonyl (C=O) groups is 1. The first kappa shape index (κ1) is 41.0. The van der Waals surface area contributed by atoms with E-state index in [1.165, 1.54) is 56.6 Å². The topological polar surface area (TPSA) is 170 Å².